The average molecular weight is 338 g/mol. The van der Waals surface area contributed by atoms with Crippen LogP contribution >= 0.6 is 0 Å². The number of carbonyl (C=O) groups is 1. The molecule has 23 heavy (non-hydrogen) atoms. The summed E-state index contributed by atoms with van der Waals surface area (Å²) in [7, 11) is 0.752. The summed E-state index contributed by atoms with van der Waals surface area (Å²) in [6.45, 7) is 2.38. The van der Waals surface area contributed by atoms with Crippen LogP contribution in [0.1, 0.15) is 38.2 Å². The molecule has 0 aliphatic heterocycles. The van der Waals surface area contributed by atoms with Crippen molar-refractivity contribution in [3.8, 4) is 0 Å². The van der Waals surface area contributed by atoms with E-state index in [1.807, 2.05) is 31.2 Å². The third kappa shape index (κ3) is 5.04. The Hall–Kier alpha value is -1.40. The number of hydrogen-bond acceptors (Lipinski definition) is 3. The fraction of sp³-hybridized carbons (Fsp3) is 0.588. The Kier molecular flexibility index (Phi) is 7.05. The van der Waals surface area contributed by atoms with E-state index >= 15 is 0 Å². The van der Waals surface area contributed by atoms with Crippen molar-refractivity contribution in [2.24, 2.45) is 0 Å². The third-order valence-corrected chi connectivity index (χ3v) is 6.02. The molecule has 1 aromatic rings. The summed E-state index contributed by atoms with van der Waals surface area (Å²) in [5.74, 6) is 0.640. The van der Waals surface area contributed by atoms with E-state index < -0.39 is 10.8 Å². The number of nitrogens with one attached hydrogen (secondary N) is 2. The molecule has 3 atom stereocenters. The maximum atomic E-state index is 12.3. The van der Waals surface area contributed by atoms with Crippen LogP contribution in [0.4, 0.5) is 10.5 Å². The summed E-state index contributed by atoms with van der Waals surface area (Å²) in [6.07, 6.45) is 3.98. The van der Waals surface area contributed by atoms with Gasteiger partial charge in [0.05, 0.1) is 11.9 Å². The normalized spacial score (nSPS) is 22.3. The Balaban J connectivity index is 1.99. The quantitative estimate of drug-likeness (QED) is 0.838. The smallest absolute Gasteiger partial charge is 0.319 e. The summed E-state index contributed by atoms with van der Waals surface area (Å²) in [5.41, 5.74) is 1.68. The van der Waals surface area contributed by atoms with E-state index in [2.05, 4.69) is 10.6 Å². The lowest BCUT2D eigenvalue weighted by Crippen LogP contribution is -2.48. The summed E-state index contributed by atoms with van der Waals surface area (Å²) < 4.78 is 17.3. The van der Waals surface area contributed by atoms with Crippen LogP contribution in [0.5, 0.6) is 0 Å². The molecule has 1 saturated carbocycles. The maximum Gasteiger partial charge on any atom is 0.319 e. The average Bonchev–Trinajstić information content (AvgIpc) is 2.56. The Morgan fingerprint density at radius 2 is 2.04 bits per heavy atom. The Bertz CT molecular complexity index is 550. The van der Waals surface area contributed by atoms with Crippen molar-refractivity contribution < 1.29 is 13.7 Å². The van der Waals surface area contributed by atoms with Crippen LogP contribution in [0, 0.1) is 0 Å². The molecule has 0 saturated heterocycles. The highest BCUT2D eigenvalue weighted by Gasteiger charge is 2.30. The lowest BCUT2D eigenvalue weighted by molar-refractivity contribution is 0.185. The van der Waals surface area contributed by atoms with E-state index in [9.17, 15) is 9.00 Å². The van der Waals surface area contributed by atoms with Gasteiger partial charge in [-0.25, -0.2) is 4.79 Å². The Morgan fingerprint density at radius 1 is 1.30 bits per heavy atom. The number of para-hydroxylation sites is 1. The van der Waals surface area contributed by atoms with Gasteiger partial charge in [0.15, 0.2) is 0 Å². The van der Waals surface area contributed by atoms with Gasteiger partial charge >= 0.3 is 6.03 Å². The van der Waals surface area contributed by atoms with Crippen molar-refractivity contribution in [1.29, 1.82) is 0 Å². The summed E-state index contributed by atoms with van der Waals surface area (Å²) in [6, 6.07) is 7.33. The number of amides is 2. The van der Waals surface area contributed by atoms with Crippen LogP contribution < -0.4 is 10.6 Å². The van der Waals surface area contributed by atoms with Gasteiger partial charge in [0.25, 0.3) is 0 Å². The van der Waals surface area contributed by atoms with E-state index in [0.29, 0.717) is 12.4 Å². The second-order valence-electron chi connectivity index (χ2n) is 5.79. The SMILES string of the molecule is CC[S@](=O)[C@H]1CCCC[C@@H]1NC(=O)Nc1ccccc1COC. The number of benzene rings is 1. The molecule has 2 rings (SSSR count). The molecule has 0 unspecified atom stereocenters. The van der Waals surface area contributed by atoms with Crippen molar-refractivity contribution in [3.63, 3.8) is 0 Å². The fourth-order valence-electron chi connectivity index (χ4n) is 3.04. The highest BCUT2D eigenvalue weighted by Crippen LogP contribution is 2.23. The highest BCUT2D eigenvalue weighted by molar-refractivity contribution is 7.85. The second-order valence-corrected chi connectivity index (χ2v) is 7.73. The molecule has 6 heteroatoms. The van der Waals surface area contributed by atoms with Crippen LogP contribution in [-0.4, -0.2) is 34.4 Å². The topological polar surface area (TPSA) is 67.4 Å². The second kappa shape index (κ2) is 9.03. The molecule has 0 radical (unpaired) electrons. The van der Waals surface area contributed by atoms with Gasteiger partial charge in [-0.05, 0) is 18.9 Å². The minimum absolute atomic E-state index is 0.0147. The first kappa shape index (κ1) is 17.9. The maximum absolute atomic E-state index is 12.3. The molecule has 2 amide bonds. The molecule has 0 aromatic heterocycles. The molecule has 1 aliphatic rings. The molecule has 128 valence electrons. The van der Waals surface area contributed by atoms with Crippen molar-refractivity contribution in [1.82, 2.24) is 5.32 Å². The van der Waals surface area contributed by atoms with Gasteiger partial charge < -0.3 is 15.4 Å². The zero-order valence-electron chi connectivity index (χ0n) is 13.8. The van der Waals surface area contributed by atoms with Crippen molar-refractivity contribution in [2.45, 2.75) is 50.5 Å². The number of hydrogen-bond donors (Lipinski definition) is 2. The predicted octanol–water partition coefficient (Wildman–Crippen LogP) is 3.03. The number of anilines is 1. The summed E-state index contributed by atoms with van der Waals surface area (Å²) >= 11 is 0. The van der Waals surface area contributed by atoms with Crippen LogP contribution in [-0.2, 0) is 22.1 Å². The minimum atomic E-state index is -0.876. The first-order valence-electron chi connectivity index (χ1n) is 8.17. The summed E-state index contributed by atoms with van der Waals surface area (Å²) in [4.78, 5) is 12.3. The molecule has 0 spiro atoms. The molecule has 5 nitrogen and oxygen atoms in total. The molecular formula is C17H26N2O3S. The molecular weight excluding hydrogens is 312 g/mol. The van der Waals surface area contributed by atoms with Gasteiger partial charge in [-0.2, -0.15) is 0 Å². The van der Waals surface area contributed by atoms with E-state index in [4.69, 9.17) is 4.74 Å². The zero-order chi connectivity index (χ0) is 16.7. The largest absolute Gasteiger partial charge is 0.380 e. The first-order chi connectivity index (χ1) is 11.2. The molecule has 1 aliphatic carbocycles. The number of ether oxygens (including phenoxy) is 1. The molecule has 2 N–H and O–H groups in total. The Morgan fingerprint density at radius 3 is 2.78 bits per heavy atom. The van der Waals surface area contributed by atoms with Gasteiger partial charge in [-0.1, -0.05) is 38.0 Å². The van der Waals surface area contributed by atoms with Gasteiger partial charge in [-0.15, -0.1) is 0 Å². The van der Waals surface area contributed by atoms with Crippen molar-refractivity contribution >= 4 is 22.5 Å². The minimum Gasteiger partial charge on any atom is -0.380 e. The van der Waals surface area contributed by atoms with E-state index in [1.165, 1.54) is 0 Å². The standard InChI is InChI=1S/C17H26N2O3S/c1-3-23(21)16-11-7-6-10-15(16)19-17(20)18-14-9-5-4-8-13(14)12-22-2/h4-5,8-9,15-16H,3,6-7,10-12H2,1-2H3,(H2,18,19,20)/t15-,16-,23-/m0/s1. The lowest BCUT2D eigenvalue weighted by atomic mass is 9.95. The van der Waals surface area contributed by atoms with Crippen LogP contribution in [0.3, 0.4) is 0 Å². The fourth-order valence-corrected chi connectivity index (χ4v) is 4.47. The van der Waals surface area contributed by atoms with E-state index in [1.54, 1.807) is 7.11 Å². The van der Waals surface area contributed by atoms with E-state index in [0.717, 1.165) is 36.9 Å². The molecule has 1 aromatic carbocycles. The van der Waals surface area contributed by atoms with Crippen molar-refractivity contribution in [2.75, 3.05) is 18.2 Å². The predicted molar refractivity (Wildman–Crippen MR) is 94.0 cm³/mol. The number of methoxy groups -OCH3 is 1. The zero-order valence-corrected chi connectivity index (χ0v) is 14.7. The number of urea groups is 1. The van der Waals surface area contributed by atoms with Gasteiger partial charge in [-0.3, -0.25) is 4.21 Å². The van der Waals surface area contributed by atoms with Crippen LogP contribution in [0.15, 0.2) is 24.3 Å². The molecule has 0 bridgehead atoms. The Labute approximate surface area is 140 Å². The van der Waals surface area contributed by atoms with Gasteiger partial charge in [0.2, 0.25) is 0 Å². The van der Waals surface area contributed by atoms with Gasteiger partial charge in [0, 0.05) is 41.0 Å². The van der Waals surface area contributed by atoms with Crippen LogP contribution in [0.2, 0.25) is 0 Å². The highest BCUT2D eigenvalue weighted by atomic mass is 32.2. The number of carbonyl (C=O) groups excluding carboxylic acids is 1. The van der Waals surface area contributed by atoms with Crippen LogP contribution in [0.25, 0.3) is 0 Å². The number of rotatable bonds is 6. The molecule has 1 fully saturated rings. The first-order valence-corrected chi connectivity index (χ1v) is 9.55. The lowest BCUT2D eigenvalue weighted by Gasteiger charge is -2.31. The van der Waals surface area contributed by atoms with E-state index in [-0.39, 0.29) is 17.3 Å². The van der Waals surface area contributed by atoms with Gasteiger partial charge in [0.1, 0.15) is 0 Å². The van der Waals surface area contributed by atoms with Crippen molar-refractivity contribution in [3.05, 3.63) is 29.8 Å². The summed E-state index contributed by atoms with van der Waals surface area (Å²) in [5, 5.41) is 5.97. The monoisotopic (exact) mass is 338 g/mol. The third-order valence-electron chi connectivity index (χ3n) is 4.21. The molecule has 0 heterocycles.